The van der Waals surface area contributed by atoms with Gasteiger partial charge in [-0.05, 0) is 24.8 Å². The van der Waals surface area contributed by atoms with Crippen LogP contribution in [0.2, 0.25) is 0 Å². The van der Waals surface area contributed by atoms with Gasteiger partial charge in [0.2, 0.25) is 0 Å². The molecule has 2 nitrogen and oxygen atoms in total. The second-order valence-corrected chi connectivity index (χ2v) is 2.87. The van der Waals surface area contributed by atoms with Crippen LogP contribution in [0.4, 0.5) is 0 Å². The van der Waals surface area contributed by atoms with Crippen molar-refractivity contribution in [3.05, 3.63) is 23.7 Å². The van der Waals surface area contributed by atoms with Crippen LogP contribution in [-0.2, 0) is 0 Å². The first-order valence-corrected chi connectivity index (χ1v) is 4.36. The first-order chi connectivity index (χ1) is 5.83. The summed E-state index contributed by atoms with van der Waals surface area (Å²) in [6, 6.07) is 1.89. The molecule has 1 rings (SSSR count). The van der Waals surface area contributed by atoms with Crippen molar-refractivity contribution in [2.24, 2.45) is 0 Å². The van der Waals surface area contributed by atoms with Gasteiger partial charge in [-0.15, -0.1) is 0 Å². The van der Waals surface area contributed by atoms with Crippen LogP contribution in [0, 0.1) is 0 Å². The van der Waals surface area contributed by atoms with E-state index in [1.165, 1.54) is 0 Å². The van der Waals surface area contributed by atoms with E-state index in [9.17, 15) is 4.79 Å². The third kappa shape index (κ3) is 1.58. The molecular weight excluding hydrogens is 152 g/mol. The normalized spacial score (nSPS) is 10.6. The Kier molecular flexibility index (Phi) is 3.09. The van der Waals surface area contributed by atoms with Crippen molar-refractivity contribution in [2.75, 3.05) is 0 Å². The zero-order chi connectivity index (χ0) is 8.97. The number of furan rings is 1. The van der Waals surface area contributed by atoms with Crippen molar-refractivity contribution in [2.45, 2.75) is 32.6 Å². The molecule has 1 heterocycles. The van der Waals surface area contributed by atoms with Gasteiger partial charge in [-0.25, -0.2) is 0 Å². The first-order valence-electron chi connectivity index (χ1n) is 4.36. The van der Waals surface area contributed by atoms with Crippen molar-refractivity contribution in [3.63, 3.8) is 0 Å². The second kappa shape index (κ2) is 4.10. The van der Waals surface area contributed by atoms with Gasteiger partial charge in [-0.3, -0.25) is 4.79 Å². The summed E-state index contributed by atoms with van der Waals surface area (Å²) in [6.07, 6.45) is 4.47. The predicted octanol–water partition coefficient (Wildman–Crippen LogP) is 3.00. The van der Waals surface area contributed by atoms with Crippen LogP contribution < -0.4 is 0 Å². The molecule has 0 aliphatic heterocycles. The molecular formula is C10H14O2. The van der Waals surface area contributed by atoms with Gasteiger partial charge in [0.05, 0.1) is 6.26 Å². The lowest BCUT2D eigenvalue weighted by molar-refractivity contribution is 0.109. The number of hydrogen-bond donors (Lipinski definition) is 0. The average molecular weight is 166 g/mol. The van der Waals surface area contributed by atoms with Crippen LogP contribution in [0.15, 0.2) is 16.7 Å². The van der Waals surface area contributed by atoms with E-state index in [2.05, 4.69) is 13.8 Å². The van der Waals surface area contributed by atoms with Crippen molar-refractivity contribution >= 4 is 6.29 Å². The lowest BCUT2D eigenvalue weighted by atomic mass is 9.95. The van der Waals surface area contributed by atoms with Gasteiger partial charge in [0.1, 0.15) is 0 Å². The summed E-state index contributed by atoms with van der Waals surface area (Å²) >= 11 is 0. The van der Waals surface area contributed by atoms with Gasteiger partial charge in [-0.2, -0.15) is 0 Å². The zero-order valence-electron chi connectivity index (χ0n) is 7.54. The number of aldehydes is 1. The van der Waals surface area contributed by atoms with Crippen molar-refractivity contribution in [1.82, 2.24) is 0 Å². The van der Waals surface area contributed by atoms with E-state index >= 15 is 0 Å². The van der Waals surface area contributed by atoms with Crippen LogP contribution in [0.1, 0.15) is 48.7 Å². The Bertz CT molecular complexity index is 246. The molecule has 0 atom stereocenters. The maximum atomic E-state index is 10.5. The zero-order valence-corrected chi connectivity index (χ0v) is 7.54. The minimum absolute atomic E-state index is 0.462. The summed E-state index contributed by atoms with van der Waals surface area (Å²) in [7, 11) is 0. The van der Waals surface area contributed by atoms with E-state index in [1.807, 2.05) is 6.07 Å². The Morgan fingerprint density at radius 3 is 2.67 bits per heavy atom. The fraction of sp³-hybridized carbons (Fsp3) is 0.500. The SMILES string of the molecule is CCC(CC)c1ccoc1C=O. The van der Waals surface area contributed by atoms with E-state index in [1.54, 1.807) is 6.26 Å². The Hall–Kier alpha value is -1.05. The average Bonchev–Trinajstić information content (AvgIpc) is 2.55. The van der Waals surface area contributed by atoms with Crippen molar-refractivity contribution in [1.29, 1.82) is 0 Å². The van der Waals surface area contributed by atoms with Gasteiger partial charge in [-0.1, -0.05) is 13.8 Å². The smallest absolute Gasteiger partial charge is 0.185 e. The molecule has 0 amide bonds. The maximum Gasteiger partial charge on any atom is 0.185 e. The molecule has 0 fully saturated rings. The van der Waals surface area contributed by atoms with Crippen LogP contribution in [0.3, 0.4) is 0 Å². The molecule has 0 bridgehead atoms. The Morgan fingerprint density at radius 2 is 2.17 bits per heavy atom. The first kappa shape index (κ1) is 9.04. The quantitative estimate of drug-likeness (QED) is 0.643. The molecule has 0 saturated heterocycles. The molecule has 0 saturated carbocycles. The van der Waals surface area contributed by atoms with Crippen LogP contribution in [0.5, 0.6) is 0 Å². The Morgan fingerprint density at radius 1 is 1.50 bits per heavy atom. The summed E-state index contributed by atoms with van der Waals surface area (Å²) in [5.74, 6) is 0.952. The summed E-state index contributed by atoms with van der Waals surface area (Å²) in [5.41, 5.74) is 1.05. The standard InChI is InChI=1S/C10H14O2/c1-3-8(4-2)9-5-6-12-10(9)7-11/h5-8H,3-4H2,1-2H3. The molecule has 0 unspecified atom stereocenters. The van der Waals surface area contributed by atoms with Gasteiger partial charge < -0.3 is 4.42 Å². The molecule has 1 aromatic rings. The number of hydrogen-bond acceptors (Lipinski definition) is 2. The molecule has 0 radical (unpaired) electrons. The minimum Gasteiger partial charge on any atom is -0.461 e. The molecule has 0 aliphatic rings. The van der Waals surface area contributed by atoms with Crippen molar-refractivity contribution in [3.8, 4) is 0 Å². The summed E-state index contributed by atoms with van der Waals surface area (Å²) in [6.45, 7) is 4.24. The third-order valence-electron chi connectivity index (χ3n) is 2.26. The van der Waals surface area contributed by atoms with E-state index in [4.69, 9.17) is 4.42 Å². The second-order valence-electron chi connectivity index (χ2n) is 2.87. The highest BCUT2D eigenvalue weighted by atomic mass is 16.3. The highest BCUT2D eigenvalue weighted by molar-refractivity contribution is 5.73. The van der Waals surface area contributed by atoms with E-state index in [0.717, 1.165) is 24.7 Å². The Balaban J connectivity index is 2.90. The molecule has 12 heavy (non-hydrogen) atoms. The fourth-order valence-electron chi connectivity index (χ4n) is 1.49. The largest absolute Gasteiger partial charge is 0.461 e. The topological polar surface area (TPSA) is 30.2 Å². The minimum atomic E-state index is 0.462. The van der Waals surface area contributed by atoms with Gasteiger partial charge in [0.25, 0.3) is 0 Å². The number of rotatable bonds is 4. The summed E-state index contributed by atoms with van der Waals surface area (Å²) < 4.78 is 5.03. The third-order valence-corrected chi connectivity index (χ3v) is 2.26. The maximum absolute atomic E-state index is 10.5. The molecule has 66 valence electrons. The monoisotopic (exact) mass is 166 g/mol. The predicted molar refractivity (Wildman–Crippen MR) is 47.4 cm³/mol. The number of carbonyl (C=O) groups excluding carboxylic acids is 1. The molecule has 0 aliphatic carbocycles. The van der Waals surface area contributed by atoms with Crippen molar-refractivity contribution < 1.29 is 9.21 Å². The van der Waals surface area contributed by atoms with E-state index in [0.29, 0.717) is 11.7 Å². The fourth-order valence-corrected chi connectivity index (χ4v) is 1.49. The highest BCUT2D eigenvalue weighted by Gasteiger charge is 2.13. The molecule has 2 heteroatoms. The molecule has 1 aromatic heterocycles. The number of carbonyl (C=O) groups is 1. The van der Waals surface area contributed by atoms with Crippen LogP contribution in [0.25, 0.3) is 0 Å². The molecule has 0 aromatic carbocycles. The van der Waals surface area contributed by atoms with Crippen LogP contribution >= 0.6 is 0 Å². The van der Waals surface area contributed by atoms with Gasteiger partial charge >= 0.3 is 0 Å². The van der Waals surface area contributed by atoms with E-state index in [-0.39, 0.29) is 0 Å². The lowest BCUT2D eigenvalue weighted by Crippen LogP contribution is -1.96. The summed E-state index contributed by atoms with van der Waals surface area (Å²) in [5, 5.41) is 0. The molecule has 0 spiro atoms. The summed E-state index contributed by atoms with van der Waals surface area (Å²) in [4.78, 5) is 10.5. The highest BCUT2D eigenvalue weighted by Crippen LogP contribution is 2.25. The van der Waals surface area contributed by atoms with Gasteiger partial charge in [0, 0.05) is 5.56 Å². The van der Waals surface area contributed by atoms with Gasteiger partial charge in [0.15, 0.2) is 12.0 Å². The lowest BCUT2D eigenvalue weighted by Gasteiger charge is -2.09. The molecule has 0 N–H and O–H groups in total. The Labute approximate surface area is 72.6 Å². The van der Waals surface area contributed by atoms with E-state index < -0.39 is 0 Å². The van der Waals surface area contributed by atoms with Crippen LogP contribution in [-0.4, -0.2) is 6.29 Å².